The number of para-hydroxylation sites is 2. The molecular weight excluding hydrogens is 252 g/mol. The highest BCUT2D eigenvalue weighted by molar-refractivity contribution is 5.85. The maximum atomic E-state index is 12.5. The Morgan fingerprint density at radius 1 is 1.45 bits per heavy atom. The van der Waals surface area contributed by atoms with Crippen LogP contribution >= 0.6 is 0 Å². The third-order valence-corrected chi connectivity index (χ3v) is 4.24. The third-order valence-electron chi connectivity index (χ3n) is 4.24. The van der Waals surface area contributed by atoms with Crippen LogP contribution in [0.1, 0.15) is 25.6 Å². The van der Waals surface area contributed by atoms with E-state index >= 15 is 0 Å². The standard InChI is InChI=1S/C16H20N2O2/c1-3-15-11(8-9-20-15)14(19)10-16-17-12-6-4-5-7-13(12)18(16)2/h4-7,11,15H,3,8-10H2,1-2H3. The number of aromatic nitrogens is 2. The van der Waals surface area contributed by atoms with Gasteiger partial charge in [0.1, 0.15) is 11.6 Å². The molecule has 0 N–H and O–H groups in total. The molecule has 1 aliphatic heterocycles. The largest absolute Gasteiger partial charge is 0.377 e. The average molecular weight is 272 g/mol. The van der Waals surface area contributed by atoms with Gasteiger partial charge in [0, 0.05) is 19.6 Å². The Morgan fingerprint density at radius 2 is 2.25 bits per heavy atom. The zero-order valence-corrected chi connectivity index (χ0v) is 12.0. The Hall–Kier alpha value is -1.68. The summed E-state index contributed by atoms with van der Waals surface area (Å²) in [5.41, 5.74) is 2.03. The number of imidazole rings is 1. The molecule has 1 fully saturated rings. The van der Waals surface area contributed by atoms with E-state index in [-0.39, 0.29) is 17.8 Å². The summed E-state index contributed by atoms with van der Waals surface area (Å²) in [6, 6.07) is 7.98. The summed E-state index contributed by atoms with van der Waals surface area (Å²) in [4.78, 5) is 17.1. The quantitative estimate of drug-likeness (QED) is 0.859. The molecule has 0 amide bonds. The Morgan fingerprint density at radius 3 is 3.00 bits per heavy atom. The monoisotopic (exact) mass is 272 g/mol. The number of benzene rings is 1. The lowest BCUT2D eigenvalue weighted by Gasteiger charge is -2.15. The second-order valence-electron chi connectivity index (χ2n) is 5.43. The summed E-state index contributed by atoms with van der Waals surface area (Å²) in [5, 5.41) is 0. The van der Waals surface area contributed by atoms with Gasteiger partial charge >= 0.3 is 0 Å². The van der Waals surface area contributed by atoms with Gasteiger partial charge in [0.2, 0.25) is 0 Å². The topological polar surface area (TPSA) is 44.1 Å². The minimum atomic E-state index is 0.0415. The van der Waals surface area contributed by atoms with Crippen molar-refractivity contribution in [3.05, 3.63) is 30.1 Å². The van der Waals surface area contributed by atoms with Crippen LogP contribution in [0.4, 0.5) is 0 Å². The molecule has 1 saturated heterocycles. The number of hydrogen-bond acceptors (Lipinski definition) is 3. The molecule has 2 atom stereocenters. The second kappa shape index (κ2) is 5.37. The van der Waals surface area contributed by atoms with Crippen molar-refractivity contribution in [1.29, 1.82) is 0 Å². The SMILES string of the molecule is CCC1OCCC1C(=O)Cc1nc2ccccc2n1C. The van der Waals surface area contributed by atoms with E-state index in [4.69, 9.17) is 4.74 Å². The number of rotatable bonds is 4. The predicted molar refractivity (Wildman–Crippen MR) is 77.6 cm³/mol. The minimum absolute atomic E-state index is 0.0415. The highest BCUT2D eigenvalue weighted by atomic mass is 16.5. The fourth-order valence-electron chi connectivity index (χ4n) is 3.06. The Bertz CT molecular complexity index is 632. The van der Waals surface area contributed by atoms with Crippen molar-refractivity contribution in [3.63, 3.8) is 0 Å². The van der Waals surface area contributed by atoms with Gasteiger partial charge in [-0.1, -0.05) is 19.1 Å². The van der Waals surface area contributed by atoms with Gasteiger partial charge in [-0.25, -0.2) is 4.98 Å². The van der Waals surface area contributed by atoms with Crippen molar-refractivity contribution in [2.24, 2.45) is 13.0 Å². The first-order valence-corrected chi connectivity index (χ1v) is 7.25. The normalized spacial score (nSPS) is 22.5. The zero-order valence-electron chi connectivity index (χ0n) is 12.0. The number of ether oxygens (including phenoxy) is 1. The molecule has 2 aromatic rings. The molecule has 0 radical (unpaired) electrons. The maximum absolute atomic E-state index is 12.5. The van der Waals surface area contributed by atoms with Crippen LogP contribution in [-0.4, -0.2) is 28.0 Å². The fraction of sp³-hybridized carbons (Fsp3) is 0.500. The van der Waals surface area contributed by atoms with Crippen LogP contribution in [0, 0.1) is 5.92 Å². The van der Waals surface area contributed by atoms with E-state index in [1.54, 1.807) is 0 Å². The van der Waals surface area contributed by atoms with Gasteiger partial charge in [-0.05, 0) is 25.0 Å². The number of nitrogens with zero attached hydrogens (tertiary/aromatic N) is 2. The number of aryl methyl sites for hydroxylation is 1. The Labute approximate surface area is 118 Å². The van der Waals surface area contributed by atoms with Gasteiger partial charge in [0.05, 0.1) is 23.6 Å². The first-order chi connectivity index (χ1) is 9.70. The molecule has 1 aromatic carbocycles. The van der Waals surface area contributed by atoms with E-state index in [0.717, 1.165) is 29.7 Å². The number of Topliss-reactive ketones (excluding diaryl/α,β-unsaturated/α-hetero) is 1. The van der Waals surface area contributed by atoms with Crippen molar-refractivity contribution in [3.8, 4) is 0 Å². The van der Waals surface area contributed by atoms with Crippen LogP contribution in [0.15, 0.2) is 24.3 Å². The summed E-state index contributed by atoms with van der Waals surface area (Å²) < 4.78 is 7.63. The van der Waals surface area contributed by atoms with Crippen LogP contribution in [-0.2, 0) is 23.0 Å². The number of fused-ring (bicyclic) bond motifs is 1. The Kier molecular flexibility index (Phi) is 3.57. The van der Waals surface area contributed by atoms with Gasteiger partial charge in [-0.3, -0.25) is 4.79 Å². The molecule has 4 heteroatoms. The molecule has 1 aliphatic rings. The van der Waals surface area contributed by atoms with Crippen molar-refractivity contribution in [1.82, 2.24) is 9.55 Å². The second-order valence-corrected chi connectivity index (χ2v) is 5.43. The molecule has 0 spiro atoms. The predicted octanol–water partition coefficient (Wildman–Crippen LogP) is 2.50. The van der Waals surface area contributed by atoms with Crippen LogP contribution < -0.4 is 0 Å². The van der Waals surface area contributed by atoms with Gasteiger partial charge in [0.15, 0.2) is 0 Å². The first-order valence-electron chi connectivity index (χ1n) is 7.25. The van der Waals surface area contributed by atoms with Gasteiger partial charge in [-0.15, -0.1) is 0 Å². The zero-order chi connectivity index (χ0) is 14.1. The van der Waals surface area contributed by atoms with Crippen molar-refractivity contribution >= 4 is 16.8 Å². The lowest BCUT2D eigenvalue weighted by Crippen LogP contribution is -2.26. The molecule has 2 unspecified atom stereocenters. The summed E-state index contributed by atoms with van der Waals surface area (Å²) in [6.45, 7) is 2.78. The van der Waals surface area contributed by atoms with Gasteiger partial charge in [-0.2, -0.15) is 0 Å². The molecule has 3 rings (SSSR count). The molecule has 106 valence electrons. The van der Waals surface area contributed by atoms with Crippen LogP contribution in [0.25, 0.3) is 11.0 Å². The molecule has 0 bridgehead atoms. The lowest BCUT2D eigenvalue weighted by atomic mass is 9.93. The summed E-state index contributed by atoms with van der Waals surface area (Å²) in [5.74, 6) is 1.14. The van der Waals surface area contributed by atoms with E-state index in [0.29, 0.717) is 13.0 Å². The highest BCUT2D eigenvalue weighted by Crippen LogP contribution is 2.26. The van der Waals surface area contributed by atoms with E-state index in [2.05, 4.69) is 11.9 Å². The fourth-order valence-corrected chi connectivity index (χ4v) is 3.06. The number of hydrogen-bond donors (Lipinski definition) is 0. The van der Waals surface area contributed by atoms with Gasteiger partial charge in [0.25, 0.3) is 0 Å². The molecule has 20 heavy (non-hydrogen) atoms. The van der Waals surface area contributed by atoms with Crippen LogP contribution in [0.5, 0.6) is 0 Å². The number of carbonyl (C=O) groups excluding carboxylic acids is 1. The maximum Gasteiger partial charge on any atom is 0.146 e. The van der Waals surface area contributed by atoms with Crippen LogP contribution in [0.3, 0.4) is 0 Å². The summed E-state index contributed by atoms with van der Waals surface area (Å²) in [6.07, 6.45) is 2.24. The van der Waals surface area contributed by atoms with Crippen molar-refractivity contribution in [2.75, 3.05) is 6.61 Å². The summed E-state index contributed by atoms with van der Waals surface area (Å²) in [7, 11) is 1.97. The van der Waals surface area contributed by atoms with Crippen molar-refractivity contribution < 1.29 is 9.53 Å². The molecule has 4 nitrogen and oxygen atoms in total. The number of carbonyl (C=O) groups is 1. The molecule has 0 aliphatic carbocycles. The average Bonchev–Trinajstić information content (AvgIpc) is 3.05. The van der Waals surface area contributed by atoms with E-state index in [1.807, 2.05) is 35.9 Å². The highest BCUT2D eigenvalue weighted by Gasteiger charge is 2.33. The van der Waals surface area contributed by atoms with Crippen LogP contribution in [0.2, 0.25) is 0 Å². The lowest BCUT2D eigenvalue weighted by molar-refractivity contribution is -0.124. The van der Waals surface area contributed by atoms with Crippen molar-refractivity contribution in [2.45, 2.75) is 32.3 Å². The molecule has 0 saturated carbocycles. The van der Waals surface area contributed by atoms with E-state index in [9.17, 15) is 4.79 Å². The minimum Gasteiger partial charge on any atom is -0.377 e. The van der Waals surface area contributed by atoms with Gasteiger partial charge < -0.3 is 9.30 Å². The molecule has 1 aromatic heterocycles. The van der Waals surface area contributed by atoms with E-state index in [1.165, 1.54) is 0 Å². The third kappa shape index (κ3) is 2.24. The molecule has 2 heterocycles. The first kappa shape index (κ1) is 13.3. The number of ketones is 1. The molecular formula is C16H20N2O2. The smallest absolute Gasteiger partial charge is 0.146 e. The summed E-state index contributed by atoms with van der Waals surface area (Å²) >= 11 is 0. The Balaban J connectivity index is 1.82. The van der Waals surface area contributed by atoms with E-state index < -0.39 is 0 Å².